The van der Waals surface area contributed by atoms with Crippen LogP contribution in [0.15, 0.2) is 58.6 Å². The minimum Gasteiger partial charge on any atom is -0.325 e. The molecule has 4 aromatic rings. The number of nitrogens with one attached hydrogen (secondary N) is 1. The number of piperidine rings is 1. The predicted molar refractivity (Wildman–Crippen MR) is 143 cm³/mol. The Kier molecular flexibility index (Phi) is 6.76. The molecule has 1 unspecified atom stereocenters. The van der Waals surface area contributed by atoms with Crippen molar-refractivity contribution in [3.05, 3.63) is 59.7 Å². The summed E-state index contributed by atoms with van der Waals surface area (Å²) in [5.74, 6) is -0.198. The molecule has 2 aromatic heterocycles. The summed E-state index contributed by atoms with van der Waals surface area (Å²) >= 11 is 1.34. The predicted octanol–water partition coefficient (Wildman–Crippen LogP) is 4.79. The van der Waals surface area contributed by atoms with Gasteiger partial charge in [0.25, 0.3) is 0 Å². The van der Waals surface area contributed by atoms with Gasteiger partial charge < -0.3 is 5.32 Å². The molecule has 5 rings (SSSR count). The Morgan fingerprint density at radius 2 is 1.72 bits per heavy atom. The van der Waals surface area contributed by atoms with Gasteiger partial charge >= 0.3 is 0 Å². The molecule has 3 heterocycles. The normalized spacial score (nSPS) is 15.9. The van der Waals surface area contributed by atoms with Crippen LogP contribution in [0.5, 0.6) is 0 Å². The van der Waals surface area contributed by atoms with Crippen LogP contribution in [0, 0.1) is 13.8 Å². The van der Waals surface area contributed by atoms with Crippen LogP contribution in [0.2, 0.25) is 0 Å². The highest BCUT2D eigenvalue weighted by molar-refractivity contribution is 8.00. The summed E-state index contributed by atoms with van der Waals surface area (Å²) in [5.41, 5.74) is 4.57. The number of pyridine rings is 1. The summed E-state index contributed by atoms with van der Waals surface area (Å²) in [4.78, 5) is 13.2. The summed E-state index contributed by atoms with van der Waals surface area (Å²) in [6, 6.07) is 14.6. The van der Waals surface area contributed by atoms with Crippen LogP contribution >= 0.6 is 11.8 Å². The third-order valence-corrected chi connectivity index (χ3v) is 9.57. The number of thioether (sulfide) groups is 1. The van der Waals surface area contributed by atoms with Crippen LogP contribution in [0.1, 0.15) is 37.3 Å². The molecule has 188 valence electrons. The Morgan fingerprint density at radius 3 is 2.44 bits per heavy atom. The number of carbonyl (C=O) groups excluding carboxylic acids is 1. The van der Waals surface area contributed by atoms with Gasteiger partial charge in [0.05, 0.1) is 15.7 Å². The van der Waals surface area contributed by atoms with Gasteiger partial charge in [-0.05, 0) is 75.1 Å². The number of aromatic nitrogens is 3. The van der Waals surface area contributed by atoms with Crippen LogP contribution in [0.4, 0.5) is 5.69 Å². The summed E-state index contributed by atoms with van der Waals surface area (Å²) < 4.78 is 29.3. The van der Waals surface area contributed by atoms with Crippen LogP contribution in [0.3, 0.4) is 0 Å². The molecule has 2 aromatic carbocycles. The van der Waals surface area contributed by atoms with Crippen LogP contribution in [-0.4, -0.2) is 51.6 Å². The van der Waals surface area contributed by atoms with E-state index in [1.807, 2.05) is 23.5 Å². The molecule has 1 amide bonds. The maximum atomic E-state index is 13.0. The lowest BCUT2D eigenvalue weighted by molar-refractivity contribution is -0.115. The van der Waals surface area contributed by atoms with E-state index in [0.29, 0.717) is 23.9 Å². The quantitative estimate of drug-likeness (QED) is 0.365. The molecule has 0 radical (unpaired) electrons. The van der Waals surface area contributed by atoms with Crippen molar-refractivity contribution in [2.24, 2.45) is 0 Å². The number of benzene rings is 2. The van der Waals surface area contributed by atoms with E-state index in [0.717, 1.165) is 46.9 Å². The molecule has 0 bridgehead atoms. The van der Waals surface area contributed by atoms with Crippen LogP contribution < -0.4 is 5.32 Å². The fourth-order valence-corrected chi connectivity index (χ4v) is 7.00. The fraction of sp³-hybridized carbons (Fsp3) is 0.346. The minimum absolute atomic E-state index is 0.198. The van der Waals surface area contributed by atoms with Gasteiger partial charge in [0.15, 0.2) is 10.8 Å². The van der Waals surface area contributed by atoms with Crippen LogP contribution in [-0.2, 0) is 14.8 Å². The summed E-state index contributed by atoms with van der Waals surface area (Å²) in [6.07, 6.45) is 2.84. The third kappa shape index (κ3) is 4.60. The second-order valence-corrected chi connectivity index (χ2v) is 12.5. The van der Waals surface area contributed by atoms with Crippen molar-refractivity contribution in [3.8, 4) is 0 Å². The fourth-order valence-electron chi connectivity index (χ4n) is 4.63. The standard InChI is InChI=1S/C26H29N5O3S2/c1-17-8-7-9-22-18(2)16-23-28-29-26(31(23)24(17)22)35-19(3)25(32)27-20-10-12-21(13-11-20)36(33,34)30-14-5-4-6-15-30/h7-13,16,19H,4-6,14-15H2,1-3H3,(H,27,32). The van der Waals surface area contributed by atoms with Crippen molar-refractivity contribution in [3.63, 3.8) is 0 Å². The van der Waals surface area contributed by atoms with E-state index >= 15 is 0 Å². The Balaban J connectivity index is 1.32. The molecule has 0 saturated carbocycles. The highest BCUT2D eigenvalue weighted by atomic mass is 32.2. The SMILES string of the molecule is Cc1cc2nnc(SC(C)C(=O)Nc3ccc(S(=O)(=O)N4CCCCC4)cc3)n2c2c(C)cccc12. The van der Waals surface area contributed by atoms with Gasteiger partial charge in [0.2, 0.25) is 15.9 Å². The number of anilines is 1. The van der Waals surface area contributed by atoms with Gasteiger partial charge in [-0.1, -0.05) is 36.4 Å². The largest absolute Gasteiger partial charge is 0.325 e. The van der Waals surface area contributed by atoms with E-state index in [4.69, 9.17) is 0 Å². The Labute approximate surface area is 215 Å². The van der Waals surface area contributed by atoms with Crippen molar-refractivity contribution in [1.29, 1.82) is 0 Å². The van der Waals surface area contributed by atoms with Gasteiger partial charge in [-0.3, -0.25) is 9.20 Å². The number of aryl methyl sites for hydroxylation is 2. The van der Waals surface area contributed by atoms with Gasteiger partial charge in [-0.2, -0.15) is 4.31 Å². The monoisotopic (exact) mass is 523 g/mol. The first-order valence-electron chi connectivity index (χ1n) is 12.1. The molecule has 1 fully saturated rings. The van der Waals surface area contributed by atoms with E-state index < -0.39 is 15.3 Å². The molecule has 1 saturated heterocycles. The molecule has 1 N–H and O–H groups in total. The average Bonchev–Trinajstić information content (AvgIpc) is 3.27. The minimum atomic E-state index is -3.50. The number of sulfonamides is 1. The Morgan fingerprint density at radius 1 is 1.00 bits per heavy atom. The van der Waals surface area contributed by atoms with Gasteiger partial charge in [-0.25, -0.2) is 8.42 Å². The van der Waals surface area contributed by atoms with E-state index in [1.54, 1.807) is 28.6 Å². The van der Waals surface area contributed by atoms with Crippen molar-refractivity contribution >= 4 is 49.9 Å². The number of carbonyl (C=O) groups is 1. The lowest BCUT2D eigenvalue weighted by atomic mass is 10.1. The average molecular weight is 524 g/mol. The molecule has 36 heavy (non-hydrogen) atoms. The Hall–Kier alpha value is -2.95. The van der Waals surface area contributed by atoms with Gasteiger partial charge in [0.1, 0.15) is 0 Å². The molecule has 1 atom stereocenters. The molecule has 1 aliphatic heterocycles. The van der Waals surface area contributed by atoms with Crippen molar-refractivity contribution in [1.82, 2.24) is 18.9 Å². The third-order valence-electron chi connectivity index (χ3n) is 6.62. The molecule has 10 heteroatoms. The zero-order valence-corrected chi connectivity index (χ0v) is 22.2. The first-order valence-corrected chi connectivity index (χ1v) is 14.4. The van der Waals surface area contributed by atoms with Gasteiger partial charge in [-0.15, -0.1) is 10.2 Å². The number of hydrogen-bond donors (Lipinski definition) is 1. The second kappa shape index (κ2) is 9.84. The number of para-hydroxylation sites is 1. The second-order valence-electron chi connectivity index (χ2n) is 9.21. The first kappa shape index (κ1) is 24.7. The molecule has 0 aliphatic carbocycles. The number of amides is 1. The Bertz CT molecular complexity index is 1540. The molecule has 8 nitrogen and oxygen atoms in total. The van der Waals surface area contributed by atoms with E-state index in [-0.39, 0.29) is 10.8 Å². The lowest BCUT2D eigenvalue weighted by Gasteiger charge is -2.25. The first-order chi connectivity index (χ1) is 17.3. The maximum Gasteiger partial charge on any atom is 0.243 e. The zero-order chi connectivity index (χ0) is 25.4. The topological polar surface area (TPSA) is 96.7 Å². The summed E-state index contributed by atoms with van der Waals surface area (Å²) in [5, 5.41) is 12.9. The van der Waals surface area contributed by atoms with Crippen molar-refractivity contribution in [2.45, 2.75) is 55.3 Å². The number of hydrogen-bond acceptors (Lipinski definition) is 6. The van der Waals surface area contributed by atoms with Crippen molar-refractivity contribution in [2.75, 3.05) is 18.4 Å². The van der Waals surface area contributed by atoms with E-state index in [1.165, 1.54) is 11.8 Å². The zero-order valence-electron chi connectivity index (χ0n) is 20.6. The lowest BCUT2D eigenvalue weighted by Crippen LogP contribution is -2.35. The molecular weight excluding hydrogens is 494 g/mol. The van der Waals surface area contributed by atoms with Crippen LogP contribution in [0.25, 0.3) is 16.6 Å². The van der Waals surface area contributed by atoms with Gasteiger partial charge in [0, 0.05) is 24.2 Å². The van der Waals surface area contributed by atoms with Crippen molar-refractivity contribution < 1.29 is 13.2 Å². The summed E-state index contributed by atoms with van der Waals surface area (Å²) in [6.45, 7) is 7.05. The molecular formula is C26H29N5O3S2. The highest BCUT2D eigenvalue weighted by Gasteiger charge is 2.26. The number of nitrogens with zero attached hydrogens (tertiary/aromatic N) is 4. The summed E-state index contributed by atoms with van der Waals surface area (Å²) in [7, 11) is -3.50. The highest BCUT2D eigenvalue weighted by Crippen LogP contribution is 2.30. The maximum absolute atomic E-state index is 13.0. The number of fused-ring (bicyclic) bond motifs is 3. The smallest absolute Gasteiger partial charge is 0.243 e. The molecule has 1 aliphatic rings. The molecule has 0 spiro atoms. The van der Waals surface area contributed by atoms with E-state index in [9.17, 15) is 13.2 Å². The van der Waals surface area contributed by atoms with E-state index in [2.05, 4.69) is 41.5 Å². The number of rotatable bonds is 6.